The minimum Gasteiger partial charge on any atom is -0.476 e. The second-order valence-corrected chi connectivity index (χ2v) is 7.71. The molecular weight excluding hydrogens is 387 g/mol. The zero-order valence-electron chi connectivity index (χ0n) is 13.1. The van der Waals surface area contributed by atoms with Crippen molar-refractivity contribution in [2.45, 2.75) is 4.90 Å². The molecule has 2 aromatic heterocycles. The largest absolute Gasteiger partial charge is 0.476 e. The van der Waals surface area contributed by atoms with E-state index in [1.165, 1.54) is 17.5 Å². The average Bonchev–Trinajstić information content (AvgIpc) is 3.21. The molecule has 3 N–H and O–H groups in total. The number of nitrogens with zero attached hydrogens (tertiary/aromatic N) is 2. The van der Waals surface area contributed by atoms with Gasteiger partial charge in [-0.1, -0.05) is 0 Å². The molecule has 12 heteroatoms. The van der Waals surface area contributed by atoms with Gasteiger partial charge >= 0.3 is 5.97 Å². The monoisotopic (exact) mass is 398 g/mol. The van der Waals surface area contributed by atoms with E-state index >= 15 is 0 Å². The number of rotatable bonds is 5. The summed E-state index contributed by atoms with van der Waals surface area (Å²) < 4.78 is 40.6. The third kappa shape index (κ3) is 3.16. The van der Waals surface area contributed by atoms with Gasteiger partial charge in [-0.25, -0.2) is 27.3 Å². The molecule has 0 spiro atoms. The van der Waals surface area contributed by atoms with E-state index in [2.05, 4.69) is 10.1 Å². The van der Waals surface area contributed by atoms with E-state index in [9.17, 15) is 22.4 Å². The van der Waals surface area contributed by atoms with Gasteiger partial charge in [-0.15, -0.1) is 11.3 Å². The number of hydrogen-bond donors (Lipinski definition) is 3. The Balaban J connectivity index is 2.08. The molecule has 0 atom stereocenters. The second-order valence-electron chi connectivity index (χ2n) is 5.02. The molecule has 0 aliphatic carbocycles. The summed E-state index contributed by atoms with van der Waals surface area (Å²) in [5.74, 6) is -2.16. The summed E-state index contributed by atoms with van der Waals surface area (Å²) in [7, 11) is -2.87. The van der Waals surface area contributed by atoms with Crippen molar-refractivity contribution < 1.29 is 22.7 Å². The number of hydrogen-bond acceptors (Lipinski definition) is 6. The lowest BCUT2D eigenvalue weighted by atomic mass is 10.1. The van der Waals surface area contributed by atoms with Crippen LogP contribution in [0.15, 0.2) is 39.3 Å². The summed E-state index contributed by atoms with van der Waals surface area (Å²) in [4.78, 5) is 26.3. The topological polar surface area (TPSA) is 134 Å². The molecule has 0 unspecified atom stereocenters. The minimum absolute atomic E-state index is 0.101. The van der Waals surface area contributed by atoms with E-state index in [1.54, 1.807) is 0 Å². The van der Waals surface area contributed by atoms with E-state index in [1.807, 2.05) is 4.72 Å². The van der Waals surface area contributed by atoms with Crippen LogP contribution in [0, 0.1) is 5.82 Å². The van der Waals surface area contributed by atoms with E-state index in [0.29, 0.717) is 0 Å². The number of aromatic amines is 1. The Morgan fingerprint density at radius 1 is 1.38 bits per heavy atom. The predicted molar refractivity (Wildman–Crippen MR) is 90.7 cm³/mol. The summed E-state index contributed by atoms with van der Waals surface area (Å²) in [5.41, 5.74) is -0.272. The zero-order valence-corrected chi connectivity index (χ0v) is 14.7. The van der Waals surface area contributed by atoms with Crippen LogP contribution >= 0.6 is 11.3 Å². The first kappa shape index (κ1) is 18.0. The molecule has 0 aliphatic rings. The molecule has 0 amide bonds. The maximum Gasteiger partial charge on any atom is 0.355 e. The van der Waals surface area contributed by atoms with Gasteiger partial charge in [0.05, 0.1) is 5.69 Å². The van der Waals surface area contributed by atoms with Crippen LogP contribution in [0.4, 0.5) is 4.39 Å². The number of H-pyrrole nitrogens is 1. The van der Waals surface area contributed by atoms with Crippen LogP contribution in [0.2, 0.25) is 0 Å². The van der Waals surface area contributed by atoms with Crippen LogP contribution in [0.3, 0.4) is 0 Å². The maximum absolute atomic E-state index is 13.8. The first-order valence-electron chi connectivity index (χ1n) is 6.97. The van der Waals surface area contributed by atoms with Crippen LogP contribution in [0.5, 0.6) is 0 Å². The third-order valence-electron chi connectivity index (χ3n) is 3.42. The Labute approximate surface area is 149 Å². The Hall–Kier alpha value is -2.83. The van der Waals surface area contributed by atoms with Gasteiger partial charge in [-0.2, -0.15) is 4.68 Å². The van der Waals surface area contributed by atoms with Gasteiger partial charge in [0.2, 0.25) is 15.2 Å². The van der Waals surface area contributed by atoms with Crippen LogP contribution in [0.1, 0.15) is 10.5 Å². The van der Waals surface area contributed by atoms with Crippen molar-refractivity contribution in [3.8, 4) is 16.4 Å². The number of nitrogens with one attached hydrogen (secondary N) is 2. The molecule has 136 valence electrons. The molecule has 0 saturated carbocycles. The highest BCUT2D eigenvalue weighted by molar-refractivity contribution is 7.89. The van der Waals surface area contributed by atoms with Gasteiger partial charge in [0.15, 0.2) is 5.69 Å². The van der Waals surface area contributed by atoms with Crippen molar-refractivity contribution in [2.75, 3.05) is 7.05 Å². The van der Waals surface area contributed by atoms with Gasteiger partial charge in [-0.05, 0) is 25.2 Å². The van der Waals surface area contributed by atoms with Crippen LogP contribution in [-0.4, -0.2) is 41.3 Å². The van der Waals surface area contributed by atoms with Gasteiger partial charge in [0, 0.05) is 17.0 Å². The maximum atomic E-state index is 13.8. The molecule has 0 saturated heterocycles. The number of thiazole rings is 1. The summed E-state index contributed by atoms with van der Waals surface area (Å²) in [6, 6.07) is 4.54. The molecular formula is C14H11FN4O5S2. The number of benzene rings is 1. The van der Waals surface area contributed by atoms with Crippen molar-refractivity contribution in [2.24, 2.45) is 0 Å². The highest BCUT2D eigenvalue weighted by Gasteiger charge is 2.19. The fraction of sp³-hybridized carbons (Fsp3) is 0.0714. The first-order valence-corrected chi connectivity index (χ1v) is 9.34. The first-order chi connectivity index (χ1) is 12.2. The summed E-state index contributed by atoms with van der Waals surface area (Å²) in [6.45, 7) is 0. The van der Waals surface area contributed by atoms with Crippen molar-refractivity contribution in [1.29, 1.82) is 0 Å². The van der Waals surface area contributed by atoms with E-state index in [4.69, 9.17) is 5.11 Å². The standard InChI is InChI=1S/C14H11FN4O5S2/c1-16-26(23,24)11-4-7(2-3-8(11)15)9-5-12(20)19(18-9)14-17-10(6-25-14)13(21)22/h2-6,16,18H,1H3,(H,21,22). The number of halogens is 1. The minimum atomic E-state index is -4.02. The number of carboxylic acid groups (broad SMARTS) is 1. The molecule has 26 heavy (non-hydrogen) atoms. The number of carbonyl (C=O) groups is 1. The van der Waals surface area contributed by atoms with Crippen molar-refractivity contribution in [3.63, 3.8) is 0 Å². The molecule has 0 fully saturated rings. The lowest BCUT2D eigenvalue weighted by Gasteiger charge is -2.06. The normalized spacial score (nSPS) is 11.6. The second kappa shape index (κ2) is 6.48. The summed E-state index contributed by atoms with van der Waals surface area (Å²) >= 11 is 0.941. The average molecular weight is 398 g/mol. The number of aromatic nitrogens is 3. The van der Waals surface area contributed by atoms with Crippen molar-refractivity contribution in [1.82, 2.24) is 19.5 Å². The fourth-order valence-corrected chi connectivity index (χ4v) is 3.73. The molecule has 2 heterocycles. The van der Waals surface area contributed by atoms with E-state index in [0.717, 1.165) is 35.2 Å². The number of carboxylic acids is 1. The molecule has 0 radical (unpaired) electrons. The van der Waals surface area contributed by atoms with Gasteiger partial charge in [-0.3, -0.25) is 9.89 Å². The Bertz CT molecular complexity index is 1160. The molecule has 0 aliphatic heterocycles. The van der Waals surface area contributed by atoms with Gasteiger partial charge < -0.3 is 5.11 Å². The smallest absolute Gasteiger partial charge is 0.355 e. The van der Waals surface area contributed by atoms with Crippen molar-refractivity contribution >= 4 is 27.3 Å². The van der Waals surface area contributed by atoms with Gasteiger partial charge in [0.1, 0.15) is 10.7 Å². The summed E-state index contributed by atoms with van der Waals surface area (Å²) in [5, 5.41) is 13.0. The highest BCUT2D eigenvalue weighted by atomic mass is 32.2. The predicted octanol–water partition coefficient (Wildman–Crippen LogP) is 1.03. The number of aromatic carboxylic acids is 1. The highest BCUT2D eigenvalue weighted by Crippen LogP contribution is 2.23. The molecule has 3 aromatic rings. The van der Waals surface area contributed by atoms with Crippen LogP contribution in [-0.2, 0) is 10.0 Å². The summed E-state index contributed by atoms with van der Waals surface area (Å²) in [6.07, 6.45) is 0. The van der Waals surface area contributed by atoms with Crippen LogP contribution in [0.25, 0.3) is 16.4 Å². The lowest BCUT2D eigenvalue weighted by molar-refractivity contribution is 0.0691. The zero-order chi connectivity index (χ0) is 19.1. The molecule has 3 rings (SSSR count). The van der Waals surface area contributed by atoms with Crippen LogP contribution < -0.4 is 10.3 Å². The molecule has 0 bridgehead atoms. The Morgan fingerprint density at radius 2 is 2.12 bits per heavy atom. The molecule has 9 nitrogen and oxygen atoms in total. The Kier molecular flexibility index (Phi) is 4.48. The SMILES string of the molecule is CNS(=O)(=O)c1cc(-c2cc(=O)n(-c3nc(C(=O)O)cs3)[nH]2)ccc1F. The van der Waals surface area contributed by atoms with Crippen molar-refractivity contribution in [3.05, 3.63) is 51.5 Å². The Morgan fingerprint density at radius 3 is 2.73 bits per heavy atom. The molecule has 1 aromatic carbocycles. The third-order valence-corrected chi connectivity index (χ3v) is 5.68. The lowest BCUT2D eigenvalue weighted by Crippen LogP contribution is -2.19. The van der Waals surface area contributed by atoms with Gasteiger partial charge in [0.25, 0.3) is 5.56 Å². The van der Waals surface area contributed by atoms with E-state index in [-0.39, 0.29) is 22.1 Å². The fourth-order valence-electron chi connectivity index (χ4n) is 2.14. The number of sulfonamides is 1. The van der Waals surface area contributed by atoms with E-state index < -0.39 is 32.3 Å². The quantitative estimate of drug-likeness (QED) is 0.588.